The van der Waals surface area contributed by atoms with E-state index in [9.17, 15) is 15.0 Å². The van der Waals surface area contributed by atoms with Crippen molar-refractivity contribution >= 4 is 5.97 Å². The van der Waals surface area contributed by atoms with Crippen molar-refractivity contribution in [3.05, 3.63) is 101 Å². The second kappa shape index (κ2) is 10.7. The van der Waals surface area contributed by atoms with Crippen molar-refractivity contribution in [3.63, 3.8) is 0 Å². The fourth-order valence-corrected chi connectivity index (χ4v) is 6.32. The zero-order valence-corrected chi connectivity index (χ0v) is 23.2. The summed E-state index contributed by atoms with van der Waals surface area (Å²) in [7, 11) is 3.12. The van der Waals surface area contributed by atoms with E-state index in [1.54, 1.807) is 25.3 Å². The molecule has 0 spiro atoms. The van der Waals surface area contributed by atoms with E-state index in [1.165, 1.54) is 19.6 Å². The molecule has 0 saturated heterocycles. The number of phenolic OH excluding ortho intramolecular Hbond substituents is 2. The molecule has 0 aromatic heterocycles. The highest BCUT2D eigenvalue weighted by Crippen LogP contribution is 2.56. The molecule has 1 heterocycles. The highest BCUT2D eigenvalue weighted by atomic mass is 16.5. The van der Waals surface area contributed by atoms with Crippen LogP contribution in [0.3, 0.4) is 0 Å². The number of esters is 1. The van der Waals surface area contributed by atoms with Crippen LogP contribution in [0, 0.1) is 0 Å². The first-order valence-corrected chi connectivity index (χ1v) is 13.7. The molecule has 0 radical (unpaired) electrons. The van der Waals surface area contributed by atoms with Crippen LogP contribution in [0.4, 0.5) is 0 Å². The molecule has 1 aliphatic carbocycles. The van der Waals surface area contributed by atoms with Gasteiger partial charge in [-0.3, -0.25) is 4.79 Å². The maximum absolute atomic E-state index is 11.9. The molecule has 4 aromatic rings. The molecule has 7 nitrogen and oxygen atoms in total. The SMILES string of the molecule is COc1cc([C@H]2Oc3c(ccc4c3[C@@H](Cc3ccccc3)Cc3cc(O)cc(OC)c3-4)[C@H]2COC(C)=O)ccc1O. The average molecular weight is 553 g/mol. The molecule has 0 amide bonds. The summed E-state index contributed by atoms with van der Waals surface area (Å²) in [6.45, 7) is 1.54. The summed E-state index contributed by atoms with van der Waals surface area (Å²) in [6, 6.07) is 23.1. The Morgan fingerprint density at radius 2 is 1.73 bits per heavy atom. The minimum Gasteiger partial charge on any atom is -0.508 e. The van der Waals surface area contributed by atoms with Crippen molar-refractivity contribution in [2.45, 2.75) is 37.7 Å². The Hall–Kier alpha value is -4.65. The number of ether oxygens (including phenoxy) is 4. The van der Waals surface area contributed by atoms with Gasteiger partial charge in [0.1, 0.15) is 30.0 Å². The number of phenols is 2. The van der Waals surface area contributed by atoms with Gasteiger partial charge in [0.15, 0.2) is 11.5 Å². The first-order chi connectivity index (χ1) is 19.9. The minimum atomic E-state index is -0.467. The molecule has 0 fully saturated rings. The highest BCUT2D eigenvalue weighted by molar-refractivity contribution is 5.83. The van der Waals surface area contributed by atoms with E-state index in [2.05, 4.69) is 18.2 Å². The zero-order valence-electron chi connectivity index (χ0n) is 23.2. The second-order valence-corrected chi connectivity index (χ2v) is 10.6. The molecular formula is C34H32O7. The van der Waals surface area contributed by atoms with Gasteiger partial charge in [0.2, 0.25) is 0 Å². The van der Waals surface area contributed by atoms with Crippen LogP contribution in [0.25, 0.3) is 11.1 Å². The Bertz CT molecular complexity index is 1610. The number of aromatic hydroxyl groups is 2. The van der Waals surface area contributed by atoms with Crippen molar-refractivity contribution < 1.29 is 34.0 Å². The lowest BCUT2D eigenvalue weighted by molar-refractivity contribution is -0.141. The summed E-state index contributed by atoms with van der Waals surface area (Å²) >= 11 is 0. The Morgan fingerprint density at radius 1 is 0.951 bits per heavy atom. The van der Waals surface area contributed by atoms with Crippen LogP contribution in [-0.2, 0) is 22.4 Å². The average Bonchev–Trinajstić information content (AvgIpc) is 3.34. The van der Waals surface area contributed by atoms with E-state index >= 15 is 0 Å². The molecule has 4 aromatic carbocycles. The van der Waals surface area contributed by atoms with E-state index < -0.39 is 6.10 Å². The number of benzene rings is 4. The Labute approximate surface area is 238 Å². The van der Waals surface area contributed by atoms with Crippen LogP contribution in [0.5, 0.6) is 28.7 Å². The van der Waals surface area contributed by atoms with Crippen LogP contribution in [0.2, 0.25) is 0 Å². The molecule has 0 unspecified atom stereocenters. The molecule has 3 atom stereocenters. The summed E-state index contributed by atoms with van der Waals surface area (Å²) in [5.41, 5.74) is 7.00. The quantitative estimate of drug-likeness (QED) is 0.255. The lowest BCUT2D eigenvalue weighted by Gasteiger charge is -2.31. The van der Waals surface area contributed by atoms with Gasteiger partial charge >= 0.3 is 5.97 Å². The van der Waals surface area contributed by atoms with E-state index in [0.29, 0.717) is 17.9 Å². The van der Waals surface area contributed by atoms with E-state index in [4.69, 9.17) is 18.9 Å². The van der Waals surface area contributed by atoms with Gasteiger partial charge in [0.25, 0.3) is 0 Å². The van der Waals surface area contributed by atoms with Gasteiger partial charge in [-0.2, -0.15) is 0 Å². The lowest BCUT2D eigenvalue weighted by atomic mass is 9.74. The molecule has 1 aliphatic heterocycles. The predicted molar refractivity (Wildman–Crippen MR) is 154 cm³/mol. The number of hydrogen-bond donors (Lipinski definition) is 2. The number of carbonyl (C=O) groups is 1. The standard InChI is InChI=1S/C34H32O7/c1-19(35)40-18-27-25-10-11-26-31-23(15-24(36)17-30(31)39-3)14-22(13-20-7-5-4-6-8-20)32(26)34(25)41-33(27)21-9-12-28(37)29(16-21)38-2/h4-12,15-17,22,27,33,36-37H,13-14,18H2,1-3H3/t22-,27+,33+/m0/s1. The Kier molecular flexibility index (Phi) is 6.95. The van der Waals surface area contributed by atoms with E-state index in [0.717, 1.165) is 45.6 Å². The first kappa shape index (κ1) is 26.6. The Balaban J connectivity index is 1.53. The van der Waals surface area contributed by atoms with Gasteiger partial charge in [-0.25, -0.2) is 0 Å². The number of hydrogen-bond acceptors (Lipinski definition) is 7. The van der Waals surface area contributed by atoms with E-state index in [1.807, 2.05) is 36.4 Å². The summed E-state index contributed by atoms with van der Waals surface area (Å²) in [6.07, 6.45) is 0.997. The smallest absolute Gasteiger partial charge is 0.302 e. The molecule has 41 heavy (non-hydrogen) atoms. The summed E-state index contributed by atoms with van der Waals surface area (Å²) < 4.78 is 23.5. The molecule has 0 saturated carbocycles. The Morgan fingerprint density at radius 3 is 2.46 bits per heavy atom. The van der Waals surface area contributed by atoms with Crippen molar-refractivity contribution in [2.75, 3.05) is 20.8 Å². The summed E-state index contributed by atoms with van der Waals surface area (Å²) in [5, 5.41) is 20.7. The van der Waals surface area contributed by atoms with Gasteiger partial charge in [-0.15, -0.1) is 0 Å². The fourth-order valence-electron chi connectivity index (χ4n) is 6.32. The molecule has 210 valence electrons. The van der Waals surface area contributed by atoms with Crippen molar-refractivity contribution in [3.8, 4) is 39.9 Å². The number of methoxy groups -OCH3 is 2. The van der Waals surface area contributed by atoms with Gasteiger partial charge in [-0.1, -0.05) is 48.5 Å². The van der Waals surface area contributed by atoms with Crippen LogP contribution in [0.15, 0.2) is 72.8 Å². The van der Waals surface area contributed by atoms with Gasteiger partial charge < -0.3 is 29.2 Å². The molecule has 7 heteroatoms. The molecule has 6 rings (SSSR count). The van der Waals surface area contributed by atoms with Crippen LogP contribution >= 0.6 is 0 Å². The number of rotatable bonds is 7. The number of carbonyl (C=O) groups excluding carboxylic acids is 1. The van der Waals surface area contributed by atoms with Crippen molar-refractivity contribution in [1.29, 1.82) is 0 Å². The number of fused-ring (bicyclic) bond motifs is 5. The van der Waals surface area contributed by atoms with Gasteiger partial charge in [0, 0.05) is 29.7 Å². The summed E-state index contributed by atoms with van der Waals surface area (Å²) in [5.74, 6) is 1.36. The monoisotopic (exact) mass is 552 g/mol. The first-order valence-electron chi connectivity index (χ1n) is 13.7. The summed E-state index contributed by atoms with van der Waals surface area (Å²) in [4.78, 5) is 11.9. The topological polar surface area (TPSA) is 94.5 Å². The predicted octanol–water partition coefficient (Wildman–Crippen LogP) is 6.44. The van der Waals surface area contributed by atoms with Crippen molar-refractivity contribution in [2.24, 2.45) is 0 Å². The zero-order chi connectivity index (χ0) is 28.7. The van der Waals surface area contributed by atoms with Gasteiger partial charge in [-0.05, 0) is 59.2 Å². The maximum atomic E-state index is 11.9. The molecule has 0 bridgehead atoms. The third-order valence-electron chi connectivity index (χ3n) is 8.09. The second-order valence-electron chi connectivity index (χ2n) is 10.6. The highest BCUT2D eigenvalue weighted by Gasteiger charge is 2.42. The van der Waals surface area contributed by atoms with Crippen LogP contribution < -0.4 is 14.2 Å². The van der Waals surface area contributed by atoms with Crippen molar-refractivity contribution in [1.82, 2.24) is 0 Å². The molecular weight excluding hydrogens is 520 g/mol. The normalized spacial score (nSPS) is 18.5. The van der Waals surface area contributed by atoms with Crippen LogP contribution in [0.1, 0.15) is 52.7 Å². The fraction of sp³-hybridized carbons (Fsp3) is 0.265. The lowest BCUT2D eigenvalue weighted by Crippen LogP contribution is -2.17. The third kappa shape index (κ3) is 4.82. The molecule has 2 N–H and O–H groups in total. The third-order valence-corrected chi connectivity index (χ3v) is 8.09. The minimum absolute atomic E-state index is 0.0376. The maximum Gasteiger partial charge on any atom is 0.302 e. The van der Waals surface area contributed by atoms with Gasteiger partial charge in [0.05, 0.1) is 20.1 Å². The van der Waals surface area contributed by atoms with Crippen LogP contribution in [-0.4, -0.2) is 37.0 Å². The van der Waals surface area contributed by atoms with E-state index in [-0.39, 0.29) is 35.9 Å². The molecule has 2 aliphatic rings. The largest absolute Gasteiger partial charge is 0.508 e.